The van der Waals surface area contributed by atoms with Gasteiger partial charge in [-0.2, -0.15) is 0 Å². The monoisotopic (exact) mass is 254 g/mol. The largest absolute Gasteiger partial charge is 0.370 e. The Bertz CT molecular complexity index is 564. The van der Waals surface area contributed by atoms with Crippen LogP contribution >= 0.6 is 22.9 Å². The first kappa shape index (κ1) is 10.4. The van der Waals surface area contributed by atoms with Crippen molar-refractivity contribution in [2.75, 3.05) is 0 Å². The molecule has 2 aromatic heterocycles. The fourth-order valence-electron chi connectivity index (χ4n) is 2.04. The van der Waals surface area contributed by atoms with Crippen LogP contribution in [0, 0.1) is 0 Å². The molecule has 0 amide bonds. The molecule has 3 heterocycles. The zero-order chi connectivity index (χ0) is 11.3. The van der Waals surface area contributed by atoms with Crippen LogP contribution < -0.4 is 0 Å². The van der Waals surface area contributed by atoms with Gasteiger partial charge in [-0.3, -0.25) is 0 Å². The van der Waals surface area contributed by atoms with Crippen LogP contribution in [-0.4, -0.2) is 15.6 Å². The predicted molar refractivity (Wildman–Crippen MR) is 65.0 cm³/mol. The minimum atomic E-state index is -0.125. The van der Waals surface area contributed by atoms with Crippen molar-refractivity contribution in [3.8, 4) is 0 Å². The normalized spacial score (nSPS) is 18.7. The zero-order valence-corrected chi connectivity index (χ0v) is 10.7. The van der Waals surface area contributed by atoms with Gasteiger partial charge >= 0.3 is 0 Å². The van der Waals surface area contributed by atoms with E-state index in [9.17, 15) is 0 Å². The van der Waals surface area contributed by atoms with E-state index in [0.29, 0.717) is 11.8 Å². The molecule has 0 aromatic carbocycles. The molecule has 0 N–H and O–H groups in total. The maximum absolute atomic E-state index is 6.14. The molecule has 2 aromatic rings. The SMILES string of the molecule is CC1(C)Cc2c(sc3ncnc(Cl)c23)CO1. The highest BCUT2D eigenvalue weighted by Crippen LogP contribution is 2.39. The lowest BCUT2D eigenvalue weighted by atomic mass is 9.95. The Morgan fingerprint density at radius 2 is 2.25 bits per heavy atom. The molecule has 0 aliphatic carbocycles. The van der Waals surface area contributed by atoms with Crippen LogP contribution in [0.25, 0.3) is 10.2 Å². The van der Waals surface area contributed by atoms with E-state index < -0.39 is 0 Å². The minimum Gasteiger partial charge on any atom is -0.370 e. The Kier molecular flexibility index (Phi) is 2.21. The highest BCUT2D eigenvalue weighted by atomic mass is 35.5. The number of rotatable bonds is 0. The second-order valence-corrected chi connectivity index (χ2v) is 6.02. The summed E-state index contributed by atoms with van der Waals surface area (Å²) in [6.45, 7) is 4.84. The molecule has 0 unspecified atom stereocenters. The van der Waals surface area contributed by atoms with Crippen molar-refractivity contribution in [1.82, 2.24) is 9.97 Å². The van der Waals surface area contributed by atoms with Gasteiger partial charge in [0, 0.05) is 11.3 Å². The number of halogens is 1. The van der Waals surface area contributed by atoms with Gasteiger partial charge in [-0.25, -0.2) is 9.97 Å². The Balaban J connectivity index is 2.28. The maximum Gasteiger partial charge on any atom is 0.141 e. The van der Waals surface area contributed by atoms with Crippen molar-refractivity contribution in [3.63, 3.8) is 0 Å². The van der Waals surface area contributed by atoms with Crippen LogP contribution in [0.3, 0.4) is 0 Å². The molecule has 5 heteroatoms. The first-order valence-corrected chi connectivity index (χ1v) is 6.31. The van der Waals surface area contributed by atoms with Crippen LogP contribution in [0.5, 0.6) is 0 Å². The van der Waals surface area contributed by atoms with E-state index in [2.05, 4.69) is 23.8 Å². The van der Waals surface area contributed by atoms with Gasteiger partial charge in [0.05, 0.1) is 17.6 Å². The van der Waals surface area contributed by atoms with E-state index in [-0.39, 0.29) is 5.60 Å². The molecule has 1 aliphatic heterocycles. The first-order chi connectivity index (χ1) is 7.57. The number of fused-ring (bicyclic) bond motifs is 3. The molecule has 84 valence electrons. The van der Waals surface area contributed by atoms with E-state index in [1.165, 1.54) is 16.8 Å². The van der Waals surface area contributed by atoms with Crippen molar-refractivity contribution in [3.05, 3.63) is 21.9 Å². The summed E-state index contributed by atoms with van der Waals surface area (Å²) < 4.78 is 5.78. The Morgan fingerprint density at radius 3 is 3.06 bits per heavy atom. The zero-order valence-electron chi connectivity index (χ0n) is 9.08. The molecule has 0 radical (unpaired) electrons. The summed E-state index contributed by atoms with van der Waals surface area (Å²) in [6, 6.07) is 0. The summed E-state index contributed by atoms with van der Waals surface area (Å²) in [5.74, 6) is 0. The van der Waals surface area contributed by atoms with Gasteiger partial charge in [-0.15, -0.1) is 11.3 Å². The van der Waals surface area contributed by atoms with Gasteiger partial charge in [0.15, 0.2) is 0 Å². The summed E-state index contributed by atoms with van der Waals surface area (Å²) in [5.41, 5.74) is 1.14. The van der Waals surface area contributed by atoms with E-state index in [1.807, 2.05) is 0 Å². The number of hydrogen-bond donors (Lipinski definition) is 0. The predicted octanol–water partition coefficient (Wildman–Crippen LogP) is 3.20. The van der Waals surface area contributed by atoms with E-state index in [0.717, 1.165) is 16.6 Å². The third-order valence-corrected chi connectivity index (χ3v) is 4.22. The smallest absolute Gasteiger partial charge is 0.141 e. The maximum atomic E-state index is 6.14. The van der Waals surface area contributed by atoms with Crippen molar-refractivity contribution in [2.45, 2.75) is 32.5 Å². The molecule has 1 aliphatic rings. The van der Waals surface area contributed by atoms with Crippen molar-refractivity contribution in [2.24, 2.45) is 0 Å². The topological polar surface area (TPSA) is 35.0 Å². The van der Waals surface area contributed by atoms with Gasteiger partial charge in [0.1, 0.15) is 16.3 Å². The molecule has 16 heavy (non-hydrogen) atoms. The molecule has 0 atom stereocenters. The van der Waals surface area contributed by atoms with Crippen LogP contribution in [0.2, 0.25) is 5.15 Å². The molecule has 0 bridgehead atoms. The average molecular weight is 255 g/mol. The lowest BCUT2D eigenvalue weighted by molar-refractivity contribution is -0.0379. The quantitative estimate of drug-likeness (QED) is 0.678. The third-order valence-electron chi connectivity index (χ3n) is 2.82. The molecule has 3 nitrogen and oxygen atoms in total. The van der Waals surface area contributed by atoms with Gasteiger partial charge < -0.3 is 4.74 Å². The standard InChI is InChI=1S/C11H11ClN2OS/c1-11(2)3-6-7(4-15-11)16-10-8(6)9(12)13-5-14-10/h5H,3-4H2,1-2H3. The Morgan fingerprint density at radius 1 is 1.44 bits per heavy atom. The fourth-order valence-corrected chi connectivity index (χ4v) is 3.41. The number of nitrogens with zero attached hydrogens (tertiary/aromatic N) is 2. The average Bonchev–Trinajstić information content (AvgIpc) is 2.55. The van der Waals surface area contributed by atoms with E-state index >= 15 is 0 Å². The fraction of sp³-hybridized carbons (Fsp3) is 0.455. The molecule has 0 saturated heterocycles. The molecular weight excluding hydrogens is 244 g/mol. The van der Waals surface area contributed by atoms with Gasteiger partial charge in [-0.05, 0) is 19.4 Å². The highest BCUT2D eigenvalue weighted by Gasteiger charge is 2.30. The number of ether oxygens (including phenoxy) is 1. The Labute approximate surface area is 102 Å². The van der Waals surface area contributed by atoms with Crippen LogP contribution in [0.4, 0.5) is 0 Å². The molecule has 0 spiro atoms. The summed E-state index contributed by atoms with van der Waals surface area (Å²) in [5, 5.41) is 1.57. The number of aromatic nitrogens is 2. The first-order valence-electron chi connectivity index (χ1n) is 5.11. The molecule has 3 rings (SSSR count). The summed E-state index contributed by atoms with van der Waals surface area (Å²) in [6.07, 6.45) is 2.38. The summed E-state index contributed by atoms with van der Waals surface area (Å²) in [7, 11) is 0. The van der Waals surface area contributed by atoms with Gasteiger partial charge in [-0.1, -0.05) is 11.6 Å². The minimum absolute atomic E-state index is 0.125. The molecule has 0 saturated carbocycles. The van der Waals surface area contributed by atoms with Crippen molar-refractivity contribution < 1.29 is 4.74 Å². The van der Waals surface area contributed by atoms with Crippen LogP contribution in [0.15, 0.2) is 6.33 Å². The number of thiophene rings is 1. The van der Waals surface area contributed by atoms with Crippen molar-refractivity contribution >= 4 is 33.2 Å². The second kappa shape index (κ2) is 3.39. The molecular formula is C11H11ClN2OS. The molecule has 0 fully saturated rings. The second-order valence-electron chi connectivity index (χ2n) is 4.57. The van der Waals surface area contributed by atoms with Crippen LogP contribution in [0.1, 0.15) is 24.3 Å². The summed E-state index contributed by atoms with van der Waals surface area (Å²) in [4.78, 5) is 10.5. The van der Waals surface area contributed by atoms with E-state index in [4.69, 9.17) is 16.3 Å². The van der Waals surface area contributed by atoms with Crippen LogP contribution in [-0.2, 0) is 17.8 Å². The van der Waals surface area contributed by atoms with E-state index in [1.54, 1.807) is 11.3 Å². The Hall–Kier alpha value is -0.710. The van der Waals surface area contributed by atoms with Gasteiger partial charge in [0.25, 0.3) is 0 Å². The highest BCUT2D eigenvalue weighted by molar-refractivity contribution is 7.18. The lowest BCUT2D eigenvalue weighted by Crippen LogP contribution is -2.30. The number of hydrogen-bond acceptors (Lipinski definition) is 4. The summed E-state index contributed by atoms with van der Waals surface area (Å²) >= 11 is 7.80. The van der Waals surface area contributed by atoms with Gasteiger partial charge in [0.2, 0.25) is 0 Å². The lowest BCUT2D eigenvalue weighted by Gasteiger charge is -2.30. The third kappa shape index (κ3) is 1.52. The van der Waals surface area contributed by atoms with Crippen molar-refractivity contribution in [1.29, 1.82) is 0 Å².